The summed E-state index contributed by atoms with van der Waals surface area (Å²) < 4.78 is 0. The number of rotatable bonds is 4. The van der Waals surface area contributed by atoms with Gasteiger partial charge in [0.1, 0.15) is 0 Å². The molecular weight excluding hydrogens is 230 g/mol. The third-order valence-corrected chi connectivity index (χ3v) is 1.89. The molecule has 0 aliphatic heterocycles. The highest BCUT2D eigenvalue weighted by Crippen LogP contribution is 2.19. The lowest BCUT2D eigenvalue weighted by Crippen LogP contribution is -2.17. The summed E-state index contributed by atoms with van der Waals surface area (Å²) >= 11 is 0. The Bertz CT molecular complexity index is 489. The average Bonchev–Trinajstić information content (AvgIpc) is 2.25. The summed E-state index contributed by atoms with van der Waals surface area (Å²) in [7, 11) is 0. The van der Waals surface area contributed by atoms with Crippen molar-refractivity contribution in [2.24, 2.45) is 0 Å². The van der Waals surface area contributed by atoms with E-state index in [0.717, 1.165) is 0 Å². The van der Waals surface area contributed by atoms with Crippen molar-refractivity contribution in [2.75, 3.05) is 0 Å². The number of nitro groups is 1. The van der Waals surface area contributed by atoms with Gasteiger partial charge in [-0.2, -0.15) is 0 Å². The third-order valence-electron chi connectivity index (χ3n) is 1.89. The van der Waals surface area contributed by atoms with E-state index in [1.165, 1.54) is 24.3 Å². The van der Waals surface area contributed by atoms with Crippen LogP contribution in [0.15, 0.2) is 35.9 Å². The standard InChI is InChI=1S/C10H7NO6/c12-9(13)7(10(14)15)8(11(16)17)6-4-2-1-3-5-6/h1-5H,(H,12,13)(H,14,15). The first-order chi connectivity index (χ1) is 7.95. The van der Waals surface area contributed by atoms with Gasteiger partial charge in [-0.05, 0) is 12.1 Å². The Labute approximate surface area is 94.8 Å². The van der Waals surface area contributed by atoms with Crippen molar-refractivity contribution in [3.63, 3.8) is 0 Å². The van der Waals surface area contributed by atoms with Gasteiger partial charge in [0.15, 0.2) is 0 Å². The Morgan fingerprint density at radius 2 is 1.53 bits per heavy atom. The van der Waals surface area contributed by atoms with Crippen molar-refractivity contribution >= 4 is 17.6 Å². The molecule has 1 rings (SSSR count). The summed E-state index contributed by atoms with van der Waals surface area (Å²) in [5.41, 5.74) is -2.27. The molecule has 0 spiro atoms. The van der Waals surface area contributed by atoms with Crippen LogP contribution in [0, 0.1) is 10.1 Å². The molecule has 0 bridgehead atoms. The molecule has 88 valence electrons. The van der Waals surface area contributed by atoms with Crippen molar-refractivity contribution in [1.82, 2.24) is 0 Å². The van der Waals surface area contributed by atoms with E-state index in [0.29, 0.717) is 0 Å². The Balaban J connectivity index is 3.55. The molecule has 0 aliphatic carbocycles. The fourth-order valence-corrected chi connectivity index (χ4v) is 1.23. The van der Waals surface area contributed by atoms with Crippen molar-refractivity contribution in [2.45, 2.75) is 0 Å². The molecule has 7 heteroatoms. The first-order valence-electron chi connectivity index (χ1n) is 4.35. The highest BCUT2D eigenvalue weighted by Gasteiger charge is 2.31. The van der Waals surface area contributed by atoms with E-state index in [-0.39, 0.29) is 5.56 Å². The highest BCUT2D eigenvalue weighted by atomic mass is 16.6. The SMILES string of the molecule is O=C(O)C(C(=O)O)=C(c1ccccc1)[N+](=O)[O-]. The monoisotopic (exact) mass is 237 g/mol. The summed E-state index contributed by atoms with van der Waals surface area (Å²) in [6.45, 7) is 0. The van der Waals surface area contributed by atoms with Crippen molar-refractivity contribution in [3.05, 3.63) is 51.6 Å². The zero-order chi connectivity index (χ0) is 13.0. The van der Waals surface area contributed by atoms with Gasteiger partial charge in [0.05, 0.1) is 10.5 Å². The lowest BCUT2D eigenvalue weighted by Gasteiger charge is -2.01. The van der Waals surface area contributed by atoms with E-state index < -0.39 is 28.1 Å². The van der Waals surface area contributed by atoms with Gasteiger partial charge in [0, 0.05) is 0 Å². The van der Waals surface area contributed by atoms with Crippen LogP contribution in [-0.2, 0) is 9.59 Å². The van der Waals surface area contributed by atoms with E-state index in [9.17, 15) is 19.7 Å². The van der Waals surface area contributed by atoms with Crippen molar-refractivity contribution < 1.29 is 24.7 Å². The molecule has 0 heterocycles. The van der Waals surface area contributed by atoms with Crippen LogP contribution >= 0.6 is 0 Å². The molecule has 1 aromatic rings. The minimum Gasteiger partial charge on any atom is -0.477 e. The maximum atomic E-state index is 10.8. The zero-order valence-corrected chi connectivity index (χ0v) is 8.36. The molecule has 0 saturated carbocycles. The highest BCUT2D eigenvalue weighted by molar-refractivity contribution is 6.17. The predicted octanol–water partition coefficient (Wildman–Crippen LogP) is 0.844. The first kappa shape index (κ1) is 12.4. The lowest BCUT2D eigenvalue weighted by molar-refractivity contribution is -0.376. The average molecular weight is 237 g/mol. The van der Waals surface area contributed by atoms with Gasteiger partial charge >= 0.3 is 11.9 Å². The number of benzene rings is 1. The molecule has 0 amide bonds. The number of carboxylic acid groups (broad SMARTS) is 2. The van der Waals surface area contributed by atoms with Crippen molar-refractivity contribution in [1.29, 1.82) is 0 Å². The van der Waals surface area contributed by atoms with E-state index in [1.54, 1.807) is 6.07 Å². The number of hydrogen-bond acceptors (Lipinski definition) is 4. The summed E-state index contributed by atoms with van der Waals surface area (Å²) in [5, 5.41) is 28.1. The normalized spacial score (nSPS) is 9.41. The van der Waals surface area contributed by atoms with Crippen LogP contribution in [0.4, 0.5) is 0 Å². The zero-order valence-electron chi connectivity index (χ0n) is 8.36. The summed E-state index contributed by atoms with van der Waals surface area (Å²) in [6, 6.07) is 7.00. The second-order valence-electron chi connectivity index (χ2n) is 2.96. The number of carboxylic acids is 2. The molecular formula is C10H7NO6. The minimum absolute atomic E-state index is 0.0719. The van der Waals surface area contributed by atoms with Gasteiger partial charge in [0.25, 0.3) is 5.70 Å². The van der Waals surface area contributed by atoms with Crippen LogP contribution in [0.5, 0.6) is 0 Å². The van der Waals surface area contributed by atoms with Gasteiger partial charge in [-0.25, -0.2) is 9.59 Å². The molecule has 0 atom stereocenters. The Hall–Kier alpha value is -2.70. The van der Waals surface area contributed by atoms with Gasteiger partial charge in [-0.15, -0.1) is 0 Å². The first-order valence-corrected chi connectivity index (χ1v) is 4.35. The topological polar surface area (TPSA) is 118 Å². The lowest BCUT2D eigenvalue weighted by atomic mass is 10.1. The van der Waals surface area contributed by atoms with Gasteiger partial charge in [-0.3, -0.25) is 10.1 Å². The molecule has 17 heavy (non-hydrogen) atoms. The summed E-state index contributed by atoms with van der Waals surface area (Å²) in [4.78, 5) is 31.2. The second kappa shape index (κ2) is 4.88. The van der Waals surface area contributed by atoms with E-state index in [2.05, 4.69) is 0 Å². The van der Waals surface area contributed by atoms with Crippen LogP contribution in [0.3, 0.4) is 0 Å². The Morgan fingerprint density at radius 1 is 1.06 bits per heavy atom. The molecule has 0 unspecified atom stereocenters. The Kier molecular flexibility index (Phi) is 3.55. The molecule has 0 aromatic heterocycles. The summed E-state index contributed by atoms with van der Waals surface area (Å²) in [5.74, 6) is -3.71. The van der Waals surface area contributed by atoms with Crippen LogP contribution in [-0.4, -0.2) is 27.1 Å². The number of hydrogen-bond donors (Lipinski definition) is 2. The fourth-order valence-electron chi connectivity index (χ4n) is 1.23. The second-order valence-corrected chi connectivity index (χ2v) is 2.96. The number of nitrogens with zero attached hydrogens (tertiary/aromatic N) is 1. The van der Waals surface area contributed by atoms with E-state index >= 15 is 0 Å². The molecule has 0 aliphatic rings. The van der Waals surface area contributed by atoms with Gasteiger partial charge in [0.2, 0.25) is 5.57 Å². The number of aliphatic carboxylic acids is 2. The molecule has 0 radical (unpaired) electrons. The van der Waals surface area contributed by atoms with Crippen LogP contribution in [0.2, 0.25) is 0 Å². The number of carbonyl (C=O) groups is 2. The van der Waals surface area contributed by atoms with Gasteiger partial charge in [-0.1, -0.05) is 18.2 Å². The quantitative estimate of drug-likeness (QED) is 0.263. The maximum Gasteiger partial charge on any atom is 0.350 e. The Morgan fingerprint density at radius 3 is 1.88 bits per heavy atom. The third kappa shape index (κ3) is 2.65. The molecule has 7 nitrogen and oxygen atoms in total. The maximum absolute atomic E-state index is 10.8. The van der Waals surface area contributed by atoms with E-state index in [1.807, 2.05) is 0 Å². The predicted molar refractivity (Wildman–Crippen MR) is 55.6 cm³/mol. The van der Waals surface area contributed by atoms with Crippen molar-refractivity contribution in [3.8, 4) is 0 Å². The molecule has 2 N–H and O–H groups in total. The van der Waals surface area contributed by atoms with Crippen LogP contribution < -0.4 is 0 Å². The van der Waals surface area contributed by atoms with Crippen LogP contribution in [0.25, 0.3) is 5.70 Å². The fraction of sp³-hybridized carbons (Fsp3) is 0. The smallest absolute Gasteiger partial charge is 0.350 e. The molecule has 1 aromatic carbocycles. The van der Waals surface area contributed by atoms with Gasteiger partial charge < -0.3 is 10.2 Å². The van der Waals surface area contributed by atoms with Crippen LogP contribution in [0.1, 0.15) is 5.56 Å². The molecule has 0 saturated heterocycles. The summed E-state index contributed by atoms with van der Waals surface area (Å²) in [6.07, 6.45) is 0. The largest absolute Gasteiger partial charge is 0.477 e. The molecule has 0 fully saturated rings. The van der Waals surface area contributed by atoms with E-state index in [4.69, 9.17) is 10.2 Å². The minimum atomic E-state index is -1.85.